The lowest BCUT2D eigenvalue weighted by molar-refractivity contribution is 0.0937. The summed E-state index contributed by atoms with van der Waals surface area (Å²) >= 11 is 0. The summed E-state index contributed by atoms with van der Waals surface area (Å²) in [6, 6.07) is 12.6. The molecular formula is C22H26N6O. The molecule has 4 rings (SSSR count). The minimum absolute atomic E-state index is 0.0927. The van der Waals surface area contributed by atoms with Crippen LogP contribution in [0.1, 0.15) is 35.3 Å². The molecule has 3 aromatic rings. The molecule has 3 heterocycles. The van der Waals surface area contributed by atoms with E-state index in [1.807, 2.05) is 19.3 Å². The van der Waals surface area contributed by atoms with Gasteiger partial charge in [-0.25, -0.2) is 4.98 Å². The predicted molar refractivity (Wildman–Crippen MR) is 113 cm³/mol. The number of aromatic nitrogens is 3. The van der Waals surface area contributed by atoms with Crippen molar-refractivity contribution in [1.82, 2.24) is 25.0 Å². The molecule has 1 aliphatic heterocycles. The largest absolute Gasteiger partial charge is 0.383 e. The molecule has 0 aliphatic carbocycles. The van der Waals surface area contributed by atoms with Crippen LogP contribution in [0.25, 0.3) is 11.1 Å². The number of nitrogens with zero attached hydrogens (tertiary/aromatic N) is 4. The van der Waals surface area contributed by atoms with Crippen LogP contribution in [0.5, 0.6) is 0 Å². The highest BCUT2D eigenvalue weighted by Crippen LogP contribution is 2.25. The predicted octanol–water partition coefficient (Wildman–Crippen LogP) is 2.63. The van der Waals surface area contributed by atoms with Gasteiger partial charge < -0.3 is 11.1 Å². The summed E-state index contributed by atoms with van der Waals surface area (Å²) in [7, 11) is 1.85. The van der Waals surface area contributed by atoms with E-state index in [0.29, 0.717) is 11.6 Å². The quantitative estimate of drug-likeness (QED) is 0.699. The van der Waals surface area contributed by atoms with Gasteiger partial charge >= 0.3 is 0 Å². The fourth-order valence-corrected chi connectivity index (χ4v) is 3.85. The Morgan fingerprint density at radius 2 is 2.03 bits per heavy atom. The number of benzene rings is 1. The van der Waals surface area contributed by atoms with Crippen LogP contribution in [0.3, 0.4) is 0 Å². The molecule has 29 heavy (non-hydrogen) atoms. The highest BCUT2D eigenvalue weighted by atomic mass is 16.1. The first-order valence-corrected chi connectivity index (χ1v) is 9.85. The average Bonchev–Trinajstić information content (AvgIpc) is 3.37. The van der Waals surface area contributed by atoms with Crippen LogP contribution in [0.4, 0.5) is 5.82 Å². The molecule has 0 bridgehead atoms. The van der Waals surface area contributed by atoms with Gasteiger partial charge in [-0.1, -0.05) is 30.3 Å². The van der Waals surface area contributed by atoms with E-state index >= 15 is 0 Å². The zero-order chi connectivity index (χ0) is 20.4. The lowest BCUT2D eigenvalue weighted by atomic mass is 10.1. The topological polar surface area (TPSA) is 89.1 Å². The Bertz CT molecular complexity index is 1000. The Morgan fingerprint density at radius 3 is 2.76 bits per heavy atom. The Balaban J connectivity index is 1.43. The van der Waals surface area contributed by atoms with Crippen molar-refractivity contribution in [2.24, 2.45) is 7.05 Å². The summed E-state index contributed by atoms with van der Waals surface area (Å²) in [5.41, 5.74) is 9.41. The molecule has 2 atom stereocenters. The Hall–Kier alpha value is -3.19. The van der Waals surface area contributed by atoms with Crippen molar-refractivity contribution in [3.05, 3.63) is 66.1 Å². The number of carbonyl (C=O) groups excluding carboxylic acids is 1. The SMILES string of the molecule is CC(c1ccccc1)N1CC[C@@H](NC(=O)c2cc(-c3cnn(C)c3)cnc2N)C1. The van der Waals surface area contributed by atoms with Crippen LogP contribution in [0.15, 0.2) is 55.0 Å². The lowest BCUT2D eigenvalue weighted by Gasteiger charge is -2.24. The second-order valence-corrected chi connectivity index (χ2v) is 7.60. The molecular weight excluding hydrogens is 364 g/mol. The summed E-state index contributed by atoms with van der Waals surface area (Å²) < 4.78 is 1.71. The number of nitrogens with two attached hydrogens (primary N) is 1. The highest BCUT2D eigenvalue weighted by molar-refractivity contribution is 5.99. The van der Waals surface area contributed by atoms with Gasteiger partial charge in [0.1, 0.15) is 5.82 Å². The molecule has 1 fully saturated rings. The molecule has 0 radical (unpaired) electrons. The highest BCUT2D eigenvalue weighted by Gasteiger charge is 2.28. The molecule has 7 heteroatoms. The standard InChI is InChI=1S/C22H26N6O/c1-15(16-6-4-3-5-7-16)28-9-8-19(14-28)26-22(29)20-10-17(11-24-21(20)23)18-12-25-27(2)13-18/h3-7,10-13,15,19H,8-9,14H2,1-2H3,(H2,23,24)(H,26,29)/t15?,19-/m1/s1. The van der Waals surface area contributed by atoms with Gasteiger partial charge in [0, 0.05) is 55.7 Å². The normalized spacial score (nSPS) is 17.9. The molecule has 3 N–H and O–H groups in total. The van der Waals surface area contributed by atoms with Crippen molar-refractivity contribution in [2.75, 3.05) is 18.8 Å². The Kier molecular flexibility index (Phi) is 5.31. The van der Waals surface area contributed by atoms with Crippen LogP contribution < -0.4 is 11.1 Å². The number of hydrogen-bond donors (Lipinski definition) is 2. The Labute approximate surface area is 170 Å². The van der Waals surface area contributed by atoms with E-state index in [-0.39, 0.29) is 17.8 Å². The van der Waals surface area contributed by atoms with Crippen LogP contribution in [0, 0.1) is 0 Å². The molecule has 0 spiro atoms. The molecule has 1 aliphatic rings. The third-order valence-corrected chi connectivity index (χ3v) is 5.59. The summed E-state index contributed by atoms with van der Waals surface area (Å²) in [4.78, 5) is 19.5. The van der Waals surface area contributed by atoms with Crippen molar-refractivity contribution in [3.63, 3.8) is 0 Å². The monoisotopic (exact) mass is 390 g/mol. The average molecular weight is 390 g/mol. The minimum atomic E-state index is -0.181. The first-order valence-electron chi connectivity index (χ1n) is 9.85. The first kappa shape index (κ1) is 19.1. The van der Waals surface area contributed by atoms with Gasteiger partial charge in [0.25, 0.3) is 5.91 Å². The van der Waals surface area contributed by atoms with Crippen molar-refractivity contribution in [2.45, 2.75) is 25.4 Å². The number of amides is 1. The van der Waals surface area contributed by atoms with Crippen molar-refractivity contribution < 1.29 is 4.79 Å². The van der Waals surface area contributed by atoms with Gasteiger partial charge in [-0.15, -0.1) is 0 Å². The van der Waals surface area contributed by atoms with E-state index in [4.69, 9.17) is 5.73 Å². The fourth-order valence-electron chi connectivity index (χ4n) is 3.85. The number of pyridine rings is 1. The number of aryl methyl sites for hydroxylation is 1. The second kappa shape index (κ2) is 8.05. The molecule has 7 nitrogen and oxygen atoms in total. The van der Waals surface area contributed by atoms with Crippen molar-refractivity contribution >= 4 is 11.7 Å². The van der Waals surface area contributed by atoms with Crippen molar-refractivity contribution in [1.29, 1.82) is 0 Å². The van der Waals surface area contributed by atoms with E-state index in [1.54, 1.807) is 23.1 Å². The number of likely N-dealkylation sites (tertiary alicyclic amines) is 1. The summed E-state index contributed by atoms with van der Waals surface area (Å²) in [5.74, 6) is 0.0580. The number of rotatable bonds is 5. The van der Waals surface area contributed by atoms with Gasteiger partial charge in [-0.05, 0) is 25.0 Å². The zero-order valence-corrected chi connectivity index (χ0v) is 16.7. The first-order chi connectivity index (χ1) is 14.0. The van der Waals surface area contributed by atoms with E-state index < -0.39 is 0 Å². The molecule has 1 saturated heterocycles. The number of hydrogen-bond acceptors (Lipinski definition) is 5. The van der Waals surface area contributed by atoms with Crippen LogP contribution in [-0.2, 0) is 7.05 Å². The summed E-state index contributed by atoms with van der Waals surface area (Å²) in [6.45, 7) is 3.97. The molecule has 0 saturated carbocycles. The van der Waals surface area contributed by atoms with Gasteiger partial charge in [0.2, 0.25) is 0 Å². The maximum Gasteiger partial charge on any atom is 0.255 e. The Morgan fingerprint density at radius 1 is 1.24 bits per heavy atom. The van der Waals surface area contributed by atoms with Crippen LogP contribution >= 0.6 is 0 Å². The fraction of sp³-hybridized carbons (Fsp3) is 0.318. The minimum Gasteiger partial charge on any atom is -0.383 e. The summed E-state index contributed by atoms with van der Waals surface area (Å²) in [6.07, 6.45) is 6.21. The maximum absolute atomic E-state index is 12.9. The molecule has 1 unspecified atom stereocenters. The zero-order valence-electron chi connectivity index (χ0n) is 16.7. The number of carbonyl (C=O) groups is 1. The molecule has 150 valence electrons. The van der Waals surface area contributed by atoms with E-state index in [2.05, 4.69) is 51.5 Å². The molecule has 1 aromatic carbocycles. The lowest BCUT2D eigenvalue weighted by Crippen LogP contribution is -2.38. The molecule has 2 aromatic heterocycles. The van der Waals surface area contributed by atoms with Gasteiger partial charge in [-0.2, -0.15) is 5.10 Å². The van der Waals surface area contributed by atoms with Crippen LogP contribution in [0.2, 0.25) is 0 Å². The maximum atomic E-state index is 12.9. The van der Waals surface area contributed by atoms with E-state index in [0.717, 1.165) is 30.6 Å². The molecule has 1 amide bonds. The van der Waals surface area contributed by atoms with E-state index in [9.17, 15) is 4.79 Å². The van der Waals surface area contributed by atoms with E-state index in [1.165, 1.54) is 5.56 Å². The van der Waals surface area contributed by atoms with Gasteiger partial charge in [0.15, 0.2) is 0 Å². The van der Waals surface area contributed by atoms with Crippen LogP contribution in [-0.4, -0.2) is 44.7 Å². The van der Waals surface area contributed by atoms with Gasteiger partial charge in [-0.3, -0.25) is 14.4 Å². The number of nitrogen functional groups attached to an aromatic ring is 1. The third kappa shape index (κ3) is 4.14. The second-order valence-electron chi connectivity index (χ2n) is 7.60. The number of nitrogens with one attached hydrogen (secondary N) is 1. The van der Waals surface area contributed by atoms with Crippen molar-refractivity contribution in [3.8, 4) is 11.1 Å². The summed E-state index contributed by atoms with van der Waals surface area (Å²) in [5, 5.41) is 7.31. The smallest absolute Gasteiger partial charge is 0.255 e. The number of anilines is 1. The third-order valence-electron chi connectivity index (χ3n) is 5.59. The van der Waals surface area contributed by atoms with Gasteiger partial charge in [0.05, 0.1) is 11.8 Å².